The zero-order chi connectivity index (χ0) is 15.0. The number of rotatable bonds is 2. The van der Waals surface area contributed by atoms with Crippen LogP contribution in [0.1, 0.15) is 12.8 Å². The van der Waals surface area contributed by atoms with Gasteiger partial charge >= 0.3 is 12.0 Å². The summed E-state index contributed by atoms with van der Waals surface area (Å²) in [5.74, 6) is -2.42. The second-order valence-electron chi connectivity index (χ2n) is 4.79. The summed E-state index contributed by atoms with van der Waals surface area (Å²) in [6.45, 7) is 0.461. The first-order valence-corrected chi connectivity index (χ1v) is 6.15. The van der Waals surface area contributed by atoms with E-state index in [9.17, 15) is 19.2 Å². The molecule has 0 bridgehead atoms. The second kappa shape index (κ2) is 4.95. The fraction of sp³-hybridized carbons (Fsp3) is 0.500. The summed E-state index contributed by atoms with van der Waals surface area (Å²) in [4.78, 5) is 49.7. The average Bonchev–Trinajstić information content (AvgIpc) is 2.87. The fourth-order valence-corrected chi connectivity index (χ4v) is 2.34. The average molecular weight is 281 g/mol. The number of carboxylic acids is 1. The topological polar surface area (TPSA) is 98.2 Å². The number of carbonyl (C=O) groups excluding carboxylic acids is 3. The minimum Gasteiger partial charge on any atom is -0.480 e. The van der Waals surface area contributed by atoms with E-state index in [4.69, 9.17) is 5.11 Å². The van der Waals surface area contributed by atoms with Gasteiger partial charge in [0.15, 0.2) is 0 Å². The molecule has 0 aromatic rings. The van der Waals surface area contributed by atoms with Crippen LogP contribution in [0.25, 0.3) is 0 Å². The van der Waals surface area contributed by atoms with Gasteiger partial charge in [0.25, 0.3) is 11.8 Å². The molecular formula is C12H15N3O5. The van der Waals surface area contributed by atoms with Crippen molar-refractivity contribution >= 4 is 23.8 Å². The van der Waals surface area contributed by atoms with E-state index in [2.05, 4.69) is 0 Å². The summed E-state index contributed by atoms with van der Waals surface area (Å²) in [5, 5.41) is 9.08. The molecule has 1 atom stereocenters. The molecule has 108 valence electrons. The van der Waals surface area contributed by atoms with Crippen molar-refractivity contribution < 1.29 is 24.3 Å². The number of aliphatic carboxylic acids is 1. The minimum absolute atomic E-state index is 0.192. The van der Waals surface area contributed by atoms with Crippen LogP contribution < -0.4 is 0 Å². The number of imide groups is 2. The predicted octanol–water partition coefficient (Wildman–Crippen LogP) is -0.530. The van der Waals surface area contributed by atoms with Crippen LogP contribution in [0.2, 0.25) is 0 Å². The number of barbiturate groups is 1. The zero-order valence-corrected chi connectivity index (χ0v) is 11.2. The van der Waals surface area contributed by atoms with Gasteiger partial charge in [-0.25, -0.2) is 9.59 Å². The zero-order valence-electron chi connectivity index (χ0n) is 11.2. The Bertz CT molecular complexity index is 501. The largest absolute Gasteiger partial charge is 0.480 e. The molecule has 2 aliphatic heterocycles. The summed E-state index contributed by atoms with van der Waals surface area (Å²) in [7, 11) is 2.56. The number of amides is 4. The van der Waals surface area contributed by atoms with Gasteiger partial charge in [-0.3, -0.25) is 19.4 Å². The summed E-state index contributed by atoms with van der Waals surface area (Å²) in [5.41, 5.74) is -0.192. The highest BCUT2D eigenvalue weighted by atomic mass is 16.4. The van der Waals surface area contributed by atoms with E-state index in [1.807, 2.05) is 0 Å². The molecule has 2 heterocycles. The van der Waals surface area contributed by atoms with Gasteiger partial charge in [-0.1, -0.05) is 0 Å². The molecule has 0 saturated carbocycles. The van der Waals surface area contributed by atoms with E-state index in [0.717, 1.165) is 9.80 Å². The SMILES string of the molecule is CN1C(=O)C(=CN2CCC[C@@H]2C(=O)O)C(=O)N(C)C1=O. The molecule has 2 aliphatic rings. The van der Waals surface area contributed by atoms with Crippen LogP contribution in [-0.4, -0.2) is 70.3 Å². The number of nitrogens with zero attached hydrogens (tertiary/aromatic N) is 3. The van der Waals surface area contributed by atoms with E-state index >= 15 is 0 Å². The van der Waals surface area contributed by atoms with Crippen LogP contribution in [0, 0.1) is 0 Å². The Hall–Kier alpha value is -2.38. The normalized spacial score (nSPS) is 23.7. The third-order valence-electron chi connectivity index (χ3n) is 3.52. The van der Waals surface area contributed by atoms with Crippen LogP contribution in [0.5, 0.6) is 0 Å². The lowest BCUT2D eigenvalue weighted by molar-refractivity contribution is -0.142. The summed E-state index contributed by atoms with van der Waals surface area (Å²) in [6, 6.07) is -1.44. The van der Waals surface area contributed by atoms with Gasteiger partial charge in [-0.15, -0.1) is 0 Å². The Balaban J connectivity index is 2.32. The molecule has 2 rings (SSSR count). The summed E-state index contributed by atoms with van der Waals surface area (Å²) in [6.07, 6.45) is 2.40. The molecular weight excluding hydrogens is 266 g/mol. The first kappa shape index (κ1) is 14.0. The molecule has 8 heteroatoms. The predicted molar refractivity (Wildman–Crippen MR) is 66.4 cm³/mol. The van der Waals surface area contributed by atoms with Crippen LogP contribution in [-0.2, 0) is 14.4 Å². The smallest absolute Gasteiger partial charge is 0.333 e. The molecule has 20 heavy (non-hydrogen) atoms. The molecule has 2 fully saturated rings. The van der Waals surface area contributed by atoms with Gasteiger partial charge in [0, 0.05) is 26.8 Å². The minimum atomic E-state index is -0.993. The second-order valence-corrected chi connectivity index (χ2v) is 4.79. The van der Waals surface area contributed by atoms with Crippen molar-refractivity contribution in [3.05, 3.63) is 11.8 Å². The maximum atomic E-state index is 12.0. The monoisotopic (exact) mass is 281 g/mol. The van der Waals surface area contributed by atoms with Crippen molar-refractivity contribution in [3.8, 4) is 0 Å². The van der Waals surface area contributed by atoms with E-state index in [1.54, 1.807) is 0 Å². The standard InChI is InChI=1S/C12H15N3O5/c1-13-9(16)7(10(17)14(2)12(13)20)6-15-5-3-4-8(15)11(18)19/h6,8H,3-5H2,1-2H3,(H,18,19)/t8-/m1/s1. The highest BCUT2D eigenvalue weighted by Crippen LogP contribution is 2.21. The first-order valence-electron chi connectivity index (χ1n) is 6.15. The van der Waals surface area contributed by atoms with Crippen molar-refractivity contribution in [2.45, 2.75) is 18.9 Å². The lowest BCUT2D eigenvalue weighted by Gasteiger charge is -2.30. The molecule has 0 aliphatic carbocycles. The quantitative estimate of drug-likeness (QED) is 0.539. The Kier molecular flexibility index (Phi) is 3.47. The van der Waals surface area contributed by atoms with Gasteiger partial charge in [-0.05, 0) is 12.8 Å². The Morgan fingerprint density at radius 3 is 2.25 bits per heavy atom. The number of likely N-dealkylation sites (tertiary alicyclic amines) is 1. The van der Waals surface area contributed by atoms with Crippen molar-refractivity contribution in [2.75, 3.05) is 20.6 Å². The van der Waals surface area contributed by atoms with E-state index in [1.165, 1.54) is 25.2 Å². The van der Waals surface area contributed by atoms with Gasteiger partial charge in [0.05, 0.1) is 0 Å². The molecule has 0 unspecified atom stereocenters. The van der Waals surface area contributed by atoms with Crippen LogP contribution in [0.3, 0.4) is 0 Å². The van der Waals surface area contributed by atoms with Crippen molar-refractivity contribution in [1.29, 1.82) is 0 Å². The van der Waals surface area contributed by atoms with Gasteiger partial charge in [-0.2, -0.15) is 0 Å². The van der Waals surface area contributed by atoms with Crippen LogP contribution in [0.4, 0.5) is 4.79 Å². The third kappa shape index (κ3) is 2.13. The first-order chi connectivity index (χ1) is 9.34. The lowest BCUT2D eigenvalue weighted by atomic mass is 10.1. The van der Waals surface area contributed by atoms with E-state index in [-0.39, 0.29) is 5.57 Å². The number of hydrogen-bond acceptors (Lipinski definition) is 5. The number of likely N-dealkylation sites (N-methyl/N-ethyl adjacent to an activating group) is 2. The molecule has 0 aromatic heterocycles. The van der Waals surface area contributed by atoms with Gasteiger partial charge < -0.3 is 10.0 Å². The lowest BCUT2D eigenvalue weighted by Crippen LogP contribution is -2.53. The van der Waals surface area contributed by atoms with E-state index in [0.29, 0.717) is 19.4 Å². The Morgan fingerprint density at radius 2 is 1.75 bits per heavy atom. The highest BCUT2D eigenvalue weighted by molar-refractivity contribution is 6.28. The molecule has 1 N–H and O–H groups in total. The van der Waals surface area contributed by atoms with Crippen molar-refractivity contribution in [2.24, 2.45) is 0 Å². The van der Waals surface area contributed by atoms with Crippen LogP contribution in [0.15, 0.2) is 11.8 Å². The van der Waals surface area contributed by atoms with Gasteiger partial charge in [0.2, 0.25) is 0 Å². The highest BCUT2D eigenvalue weighted by Gasteiger charge is 2.39. The maximum absolute atomic E-state index is 12.0. The van der Waals surface area contributed by atoms with Gasteiger partial charge in [0.1, 0.15) is 11.6 Å². The summed E-state index contributed by atoms with van der Waals surface area (Å²) >= 11 is 0. The van der Waals surface area contributed by atoms with E-state index < -0.39 is 29.9 Å². The third-order valence-corrected chi connectivity index (χ3v) is 3.52. The number of urea groups is 1. The fourth-order valence-electron chi connectivity index (χ4n) is 2.34. The maximum Gasteiger partial charge on any atom is 0.333 e. The molecule has 0 spiro atoms. The molecule has 0 radical (unpaired) electrons. The Labute approximate surface area is 115 Å². The molecule has 0 aromatic carbocycles. The number of hydrogen-bond donors (Lipinski definition) is 1. The number of carboxylic acid groups (broad SMARTS) is 1. The Morgan fingerprint density at radius 1 is 1.20 bits per heavy atom. The van der Waals surface area contributed by atoms with Crippen LogP contribution >= 0.6 is 0 Å². The molecule has 8 nitrogen and oxygen atoms in total. The van der Waals surface area contributed by atoms with Crippen molar-refractivity contribution in [3.63, 3.8) is 0 Å². The van der Waals surface area contributed by atoms with Crippen molar-refractivity contribution in [1.82, 2.24) is 14.7 Å². The molecule has 2 saturated heterocycles. The molecule has 4 amide bonds. The number of carbonyl (C=O) groups is 4. The summed E-state index contributed by atoms with van der Waals surface area (Å²) < 4.78 is 0.